The van der Waals surface area contributed by atoms with Gasteiger partial charge in [-0.2, -0.15) is 0 Å². The molecule has 0 atom stereocenters. The maximum atomic E-state index is 2.58. The van der Waals surface area contributed by atoms with Gasteiger partial charge in [0, 0.05) is 0 Å². The van der Waals surface area contributed by atoms with E-state index in [4.69, 9.17) is 0 Å². The Kier molecular flexibility index (Phi) is 14.3. The SMILES string of the molecule is CCN(CC)CC[CH2][In]([CH2]C)[CH2]CCN(CC)CC. The molecule has 3 heteroatoms. The van der Waals surface area contributed by atoms with Crippen molar-refractivity contribution in [1.82, 2.24) is 9.80 Å². The molecule has 0 aliphatic rings. The average molecular weight is 372 g/mol. The first-order valence-corrected chi connectivity index (χ1v) is 15.6. The third-order valence-electron chi connectivity index (χ3n) is 4.54. The summed E-state index contributed by atoms with van der Waals surface area (Å²) >= 11 is -1.13. The Hall–Kier alpha value is 0.790. The molecule has 0 saturated heterocycles. The van der Waals surface area contributed by atoms with E-state index >= 15 is 0 Å². The van der Waals surface area contributed by atoms with Gasteiger partial charge < -0.3 is 0 Å². The Morgan fingerprint density at radius 3 is 1.26 bits per heavy atom. The van der Waals surface area contributed by atoms with E-state index < -0.39 is 21.4 Å². The fourth-order valence-electron chi connectivity index (χ4n) is 2.84. The van der Waals surface area contributed by atoms with E-state index in [-0.39, 0.29) is 0 Å². The molecule has 0 radical (unpaired) electrons. The molecule has 0 aromatic heterocycles. The molecule has 19 heavy (non-hydrogen) atoms. The van der Waals surface area contributed by atoms with E-state index in [0.717, 1.165) is 0 Å². The fourth-order valence-corrected chi connectivity index (χ4v) is 10.3. The Bertz CT molecular complexity index is 162. The van der Waals surface area contributed by atoms with Crippen LogP contribution in [-0.4, -0.2) is 70.5 Å². The summed E-state index contributed by atoms with van der Waals surface area (Å²) in [6.45, 7) is 19.2. The van der Waals surface area contributed by atoms with Crippen LogP contribution in [0.2, 0.25) is 12.5 Å². The number of hydrogen-bond donors (Lipinski definition) is 0. The van der Waals surface area contributed by atoms with Crippen molar-refractivity contribution in [2.45, 2.75) is 60.0 Å². The zero-order valence-corrected chi connectivity index (χ0v) is 17.5. The van der Waals surface area contributed by atoms with Crippen molar-refractivity contribution in [2.75, 3.05) is 39.3 Å². The van der Waals surface area contributed by atoms with Crippen LogP contribution in [0.4, 0.5) is 0 Å². The number of hydrogen-bond acceptors (Lipinski definition) is 2. The Labute approximate surface area is 130 Å². The molecule has 0 aromatic carbocycles. The van der Waals surface area contributed by atoms with Crippen molar-refractivity contribution in [1.29, 1.82) is 0 Å². The third-order valence-corrected chi connectivity index (χ3v) is 14.8. The van der Waals surface area contributed by atoms with E-state index in [9.17, 15) is 0 Å². The average Bonchev–Trinajstić information content (AvgIpc) is 2.46. The molecule has 0 fully saturated rings. The van der Waals surface area contributed by atoms with Crippen LogP contribution in [0, 0.1) is 0 Å². The molecule has 0 unspecified atom stereocenters. The normalized spacial score (nSPS) is 11.5. The van der Waals surface area contributed by atoms with Crippen LogP contribution in [0.25, 0.3) is 0 Å². The molecule has 0 amide bonds. The van der Waals surface area contributed by atoms with Crippen LogP contribution in [0.5, 0.6) is 0 Å². The number of nitrogens with zero attached hydrogens (tertiary/aromatic N) is 2. The standard InChI is InChI=1S/2C7H16N.C2H5.In/c2*1-4-7-8(5-2)6-3;1-2;/h2*1,4-7H2,2-3H3;1H2,2H3;. The molecule has 0 saturated carbocycles. The summed E-state index contributed by atoms with van der Waals surface area (Å²) in [6, 6.07) is 0. The summed E-state index contributed by atoms with van der Waals surface area (Å²) in [4.78, 5) is 5.16. The van der Waals surface area contributed by atoms with Crippen LogP contribution in [0.3, 0.4) is 0 Å². The summed E-state index contributed by atoms with van der Waals surface area (Å²) in [5.74, 6) is 0. The van der Waals surface area contributed by atoms with Crippen molar-refractivity contribution in [3.05, 3.63) is 0 Å². The van der Waals surface area contributed by atoms with E-state index in [1.165, 1.54) is 52.1 Å². The van der Waals surface area contributed by atoms with Gasteiger partial charge in [0.15, 0.2) is 0 Å². The molecule has 2 nitrogen and oxygen atoms in total. The van der Waals surface area contributed by atoms with Gasteiger partial charge in [-0.1, -0.05) is 0 Å². The predicted octanol–water partition coefficient (Wildman–Crippen LogP) is 3.96. The van der Waals surface area contributed by atoms with Gasteiger partial charge in [0.1, 0.15) is 0 Å². The molecule has 0 aromatic rings. The fraction of sp³-hybridized carbons (Fsp3) is 1.00. The van der Waals surface area contributed by atoms with Crippen molar-refractivity contribution in [2.24, 2.45) is 0 Å². The molecule has 0 aliphatic heterocycles. The van der Waals surface area contributed by atoms with Gasteiger partial charge in [0.2, 0.25) is 0 Å². The van der Waals surface area contributed by atoms with Crippen LogP contribution < -0.4 is 0 Å². The summed E-state index contributed by atoms with van der Waals surface area (Å²) in [5, 5.41) is 0. The Balaban J connectivity index is 3.70. The first kappa shape index (κ1) is 19.8. The predicted molar refractivity (Wildman–Crippen MR) is 90.7 cm³/mol. The molecule has 0 heterocycles. The van der Waals surface area contributed by atoms with Gasteiger partial charge in [-0.15, -0.1) is 0 Å². The summed E-state index contributed by atoms with van der Waals surface area (Å²) in [5.41, 5.74) is 0. The van der Waals surface area contributed by atoms with Crippen LogP contribution in [-0.2, 0) is 0 Å². The number of rotatable bonds is 13. The molecule has 0 N–H and O–H groups in total. The van der Waals surface area contributed by atoms with Gasteiger partial charge in [0.05, 0.1) is 0 Å². The zero-order chi connectivity index (χ0) is 14.5. The van der Waals surface area contributed by atoms with E-state index in [2.05, 4.69) is 44.4 Å². The molecule has 0 bridgehead atoms. The molecular formula is C16H37InN2. The van der Waals surface area contributed by atoms with E-state index in [0.29, 0.717) is 0 Å². The van der Waals surface area contributed by atoms with Gasteiger partial charge in [-0.3, -0.25) is 0 Å². The molecule has 0 aliphatic carbocycles. The quantitative estimate of drug-likeness (QED) is 0.483. The minimum atomic E-state index is -1.13. The molecular weight excluding hydrogens is 335 g/mol. The molecule has 0 rings (SSSR count). The maximum absolute atomic E-state index is 2.58. The van der Waals surface area contributed by atoms with Gasteiger partial charge >= 0.3 is 130 Å². The first-order valence-electron chi connectivity index (χ1n) is 8.66. The van der Waals surface area contributed by atoms with Crippen molar-refractivity contribution < 1.29 is 0 Å². The third kappa shape index (κ3) is 10.2. The molecule has 0 spiro atoms. The first-order chi connectivity index (χ1) is 9.21. The Morgan fingerprint density at radius 1 is 0.632 bits per heavy atom. The van der Waals surface area contributed by atoms with Crippen molar-refractivity contribution in [3.8, 4) is 0 Å². The topological polar surface area (TPSA) is 6.48 Å². The summed E-state index contributed by atoms with van der Waals surface area (Å²) in [6.07, 6.45) is 2.95. The summed E-state index contributed by atoms with van der Waals surface area (Å²) in [7, 11) is 0. The second-order valence-corrected chi connectivity index (χ2v) is 16.2. The minimum absolute atomic E-state index is 1.13. The van der Waals surface area contributed by atoms with Gasteiger partial charge in [-0.25, -0.2) is 0 Å². The van der Waals surface area contributed by atoms with E-state index in [1.807, 2.05) is 0 Å². The second kappa shape index (κ2) is 13.8. The van der Waals surface area contributed by atoms with Crippen LogP contribution in [0.15, 0.2) is 0 Å². The van der Waals surface area contributed by atoms with Gasteiger partial charge in [-0.05, 0) is 0 Å². The van der Waals surface area contributed by atoms with Crippen LogP contribution >= 0.6 is 0 Å². The van der Waals surface area contributed by atoms with Crippen molar-refractivity contribution in [3.63, 3.8) is 0 Å². The second-order valence-electron chi connectivity index (χ2n) is 5.61. The summed E-state index contributed by atoms with van der Waals surface area (Å²) < 4.78 is 4.83. The zero-order valence-electron chi connectivity index (χ0n) is 14.2. The molecule has 114 valence electrons. The van der Waals surface area contributed by atoms with Gasteiger partial charge in [0.25, 0.3) is 0 Å². The Morgan fingerprint density at radius 2 is 1.00 bits per heavy atom. The van der Waals surface area contributed by atoms with E-state index in [1.54, 1.807) is 12.5 Å². The van der Waals surface area contributed by atoms with Crippen LogP contribution in [0.1, 0.15) is 47.5 Å². The monoisotopic (exact) mass is 372 g/mol. The van der Waals surface area contributed by atoms with Crippen molar-refractivity contribution >= 4 is 21.4 Å².